The van der Waals surface area contributed by atoms with Crippen molar-refractivity contribution in [2.45, 2.75) is 90.0 Å². The van der Waals surface area contributed by atoms with E-state index >= 15 is 0 Å². The van der Waals surface area contributed by atoms with Gasteiger partial charge in [0.25, 0.3) is 0 Å². The zero-order chi connectivity index (χ0) is 14.9. The van der Waals surface area contributed by atoms with Crippen LogP contribution in [0.2, 0.25) is 0 Å². The van der Waals surface area contributed by atoms with Crippen molar-refractivity contribution in [1.82, 2.24) is 0 Å². The molecule has 0 aliphatic heterocycles. The van der Waals surface area contributed by atoms with Crippen molar-refractivity contribution < 1.29 is 0 Å². The third kappa shape index (κ3) is 5.47. The molecule has 2 rings (SSSR count). The van der Waals surface area contributed by atoms with Crippen LogP contribution in [0.25, 0.3) is 0 Å². The molecule has 0 spiro atoms. The molecule has 1 heteroatoms. The molecule has 0 aromatic heterocycles. The van der Waals surface area contributed by atoms with E-state index in [-0.39, 0.29) is 6.04 Å². The second-order valence-electron chi connectivity index (χ2n) is 6.75. The molecule has 0 saturated heterocycles. The Labute approximate surface area is 131 Å². The van der Waals surface area contributed by atoms with Crippen LogP contribution in [0.3, 0.4) is 0 Å². The highest BCUT2D eigenvalue weighted by Gasteiger charge is 2.12. The highest BCUT2D eigenvalue weighted by Crippen LogP contribution is 2.26. The lowest BCUT2D eigenvalue weighted by molar-refractivity contribution is 0.540. The SMILES string of the molecule is CCCCCCCCCC(N)c1ccc2c(c1)CCCC2. The first-order chi connectivity index (χ1) is 10.3. The summed E-state index contributed by atoms with van der Waals surface area (Å²) >= 11 is 0. The number of nitrogens with two attached hydrogens (primary N) is 1. The second-order valence-corrected chi connectivity index (χ2v) is 6.75. The zero-order valence-corrected chi connectivity index (χ0v) is 13.9. The Morgan fingerprint density at radius 1 is 0.905 bits per heavy atom. The van der Waals surface area contributed by atoms with E-state index in [1.165, 1.54) is 76.2 Å². The van der Waals surface area contributed by atoms with Crippen LogP contribution in [-0.2, 0) is 12.8 Å². The normalized spacial score (nSPS) is 15.7. The van der Waals surface area contributed by atoms with E-state index in [0.717, 1.165) is 6.42 Å². The van der Waals surface area contributed by atoms with Crippen LogP contribution in [0, 0.1) is 0 Å². The van der Waals surface area contributed by atoms with Gasteiger partial charge in [0.1, 0.15) is 0 Å². The maximum absolute atomic E-state index is 6.39. The number of aryl methyl sites for hydroxylation is 2. The van der Waals surface area contributed by atoms with Gasteiger partial charge in [-0.15, -0.1) is 0 Å². The van der Waals surface area contributed by atoms with Crippen LogP contribution in [0.4, 0.5) is 0 Å². The minimum Gasteiger partial charge on any atom is -0.324 e. The lowest BCUT2D eigenvalue weighted by Crippen LogP contribution is -2.12. The van der Waals surface area contributed by atoms with Gasteiger partial charge in [-0.1, -0.05) is 70.1 Å². The smallest absolute Gasteiger partial charge is 0.0294 e. The summed E-state index contributed by atoms with van der Waals surface area (Å²) in [4.78, 5) is 0. The fourth-order valence-electron chi connectivity index (χ4n) is 3.47. The molecule has 0 heterocycles. The quantitative estimate of drug-likeness (QED) is 0.579. The van der Waals surface area contributed by atoms with Gasteiger partial charge in [-0.25, -0.2) is 0 Å². The van der Waals surface area contributed by atoms with Crippen molar-refractivity contribution in [3.05, 3.63) is 34.9 Å². The first-order valence-corrected chi connectivity index (χ1v) is 9.18. The average molecular weight is 287 g/mol. The van der Waals surface area contributed by atoms with Gasteiger partial charge in [0.05, 0.1) is 0 Å². The Bertz CT molecular complexity index is 410. The van der Waals surface area contributed by atoms with Crippen molar-refractivity contribution in [3.63, 3.8) is 0 Å². The van der Waals surface area contributed by atoms with Crippen LogP contribution < -0.4 is 5.73 Å². The highest BCUT2D eigenvalue weighted by molar-refractivity contribution is 5.35. The van der Waals surface area contributed by atoms with E-state index in [1.807, 2.05) is 0 Å². The minimum absolute atomic E-state index is 0.243. The molecule has 0 fully saturated rings. The molecule has 2 N–H and O–H groups in total. The van der Waals surface area contributed by atoms with Gasteiger partial charge in [-0.3, -0.25) is 0 Å². The summed E-state index contributed by atoms with van der Waals surface area (Å²) in [5, 5.41) is 0. The average Bonchev–Trinajstić information content (AvgIpc) is 2.53. The predicted octanol–water partition coefficient (Wildman–Crippen LogP) is 5.71. The van der Waals surface area contributed by atoms with Gasteiger partial charge < -0.3 is 5.73 Å². The fraction of sp³-hybridized carbons (Fsp3) is 0.700. The van der Waals surface area contributed by atoms with Crippen LogP contribution in [0.1, 0.15) is 93.9 Å². The number of hydrogen-bond acceptors (Lipinski definition) is 1. The van der Waals surface area contributed by atoms with Crippen molar-refractivity contribution in [2.75, 3.05) is 0 Å². The molecule has 0 saturated carbocycles. The van der Waals surface area contributed by atoms with E-state index in [1.54, 1.807) is 11.1 Å². The first-order valence-electron chi connectivity index (χ1n) is 9.18. The number of hydrogen-bond donors (Lipinski definition) is 1. The summed E-state index contributed by atoms with van der Waals surface area (Å²) in [6.07, 6.45) is 15.9. The van der Waals surface area contributed by atoms with Crippen molar-refractivity contribution in [3.8, 4) is 0 Å². The number of rotatable bonds is 9. The summed E-state index contributed by atoms with van der Waals surface area (Å²) in [5.74, 6) is 0. The molecular formula is C20H33N. The van der Waals surface area contributed by atoms with Crippen molar-refractivity contribution in [2.24, 2.45) is 5.73 Å². The summed E-state index contributed by atoms with van der Waals surface area (Å²) in [5.41, 5.74) is 10.9. The molecule has 0 amide bonds. The lowest BCUT2D eigenvalue weighted by Gasteiger charge is -2.19. The van der Waals surface area contributed by atoms with E-state index < -0.39 is 0 Å². The number of benzene rings is 1. The molecule has 1 aromatic carbocycles. The fourth-order valence-corrected chi connectivity index (χ4v) is 3.47. The monoisotopic (exact) mass is 287 g/mol. The Balaban J connectivity index is 1.69. The van der Waals surface area contributed by atoms with Gasteiger partial charge in [0.15, 0.2) is 0 Å². The molecule has 0 bridgehead atoms. The Hall–Kier alpha value is -0.820. The van der Waals surface area contributed by atoms with E-state index in [9.17, 15) is 0 Å². The Kier molecular flexibility index (Phi) is 7.29. The van der Waals surface area contributed by atoms with Crippen molar-refractivity contribution >= 4 is 0 Å². The molecule has 1 atom stereocenters. The first kappa shape index (κ1) is 16.5. The summed E-state index contributed by atoms with van der Waals surface area (Å²) in [6.45, 7) is 2.28. The predicted molar refractivity (Wildman–Crippen MR) is 92.6 cm³/mol. The second kappa shape index (κ2) is 9.25. The maximum Gasteiger partial charge on any atom is 0.0294 e. The zero-order valence-electron chi connectivity index (χ0n) is 13.9. The molecule has 1 aliphatic rings. The van der Waals surface area contributed by atoms with Crippen LogP contribution in [-0.4, -0.2) is 0 Å². The van der Waals surface area contributed by atoms with Crippen LogP contribution in [0.5, 0.6) is 0 Å². The molecule has 1 unspecified atom stereocenters. The van der Waals surface area contributed by atoms with E-state index in [2.05, 4.69) is 25.1 Å². The summed E-state index contributed by atoms with van der Waals surface area (Å²) in [7, 11) is 0. The van der Waals surface area contributed by atoms with Gasteiger partial charge in [0.2, 0.25) is 0 Å². The topological polar surface area (TPSA) is 26.0 Å². The number of fused-ring (bicyclic) bond motifs is 1. The van der Waals surface area contributed by atoms with Gasteiger partial charge in [-0.05, 0) is 48.8 Å². The van der Waals surface area contributed by atoms with E-state index in [4.69, 9.17) is 5.73 Å². The van der Waals surface area contributed by atoms with Gasteiger partial charge >= 0.3 is 0 Å². The maximum atomic E-state index is 6.39. The summed E-state index contributed by atoms with van der Waals surface area (Å²) in [6, 6.07) is 7.23. The van der Waals surface area contributed by atoms with Crippen LogP contribution >= 0.6 is 0 Å². The van der Waals surface area contributed by atoms with Crippen molar-refractivity contribution in [1.29, 1.82) is 0 Å². The number of unbranched alkanes of at least 4 members (excludes halogenated alkanes) is 6. The lowest BCUT2D eigenvalue weighted by atomic mass is 9.88. The van der Waals surface area contributed by atoms with E-state index in [0.29, 0.717) is 0 Å². The van der Waals surface area contributed by atoms with Crippen LogP contribution in [0.15, 0.2) is 18.2 Å². The molecule has 1 aromatic rings. The third-order valence-corrected chi connectivity index (χ3v) is 4.92. The molecular weight excluding hydrogens is 254 g/mol. The minimum atomic E-state index is 0.243. The molecule has 1 nitrogen and oxygen atoms in total. The Morgan fingerprint density at radius 3 is 2.33 bits per heavy atom. The van der Waals surface area contributed by atoms with Gasteiger partial charge in [-0.2, -0.15) is 0 Å². The standard InChI is InChI=1S/C20H33N/c1-2-3-4-5-6-7-8-13-20(21)19-15-14-17-11-9-10-12-18(17)16-19/h14-16,20H,2-13,21H2,1H3. The largest absolute Gasteiger partial charge is 0.324 e. The highest BCUT2D eigenvalue weighted by atomic mass is 14.6. The summed E-state index contributed by atoms with van der Waals surface area (Å²) < 4.78 is 0. The molecule has 118 valence electrons. The molecule has 1 aliphatic carbocycles. The molecule has 21 heavy (non-hydrogen) atoms. The van der Waals surface area contributed by atoms with Gasteiger partial charge in [0, 0.05) is 6.04 Å². The molecule has 0 radical (unpaired) electrons. The third-order valence-electron chi connectivity index (χ3n) is 4.92. The Morgan fingerprint density at radius 2 is 1.57 bits per heavy atom.